The zero-order valence-corrected chi connectivity index (χ0v) is 16.9. The summed E-state index contributed by atoms with van der Waals surface area (Å²) in [4.78, 5) is 11.4. The number of nitrogen functional groups attached to an aromatic ring is 1. The molecule has 2 aromatic rings. The predicted octanol–water partition coefficient (Wildman–Crippen LogP) is 3.18. The topological polar surface area (TPSA) is 80.2 Å². The Balaban J connectivity index is 0.00000196. The Hall–Kier alpha value is -1.53. The number of aryl methyl sites for hydroxylation is 1. The van der Waals surface area contributed by atoms with Crippen LogP contribution in [0.1, 0.15) is 44.9 Å². The summed E-state index contributed by atoms with van der Waals surface area (Å²) in [6.07, 6.45) is 4.27. The van der Waals surface area contributed by atoms with Gasteiger partial charge in [0.1, 0.15) is 11.3 Å². The van der Waals surface area contributed by atoms with E-state index in [1.807, 2.05) is 7.05 Å². The Morgan fingerprint density at radius 3 is 2.65 bits per heavy atom. The van der Waals surface area contributed by atoms with E-state index < -0.39 is 0 Å². The first-order valence-electron chi connectivity index (χ1n) is 9.36. The van der Waals surface area contributed by atoms with Crippen molar-refractivity contribution in [1.29, 1.82) is 0 Å². The fourth-order valence-corrected chi connectivity index (χ4v) is 4.28. The molecule has 4 rings (SSSR count). The van der Waals surface area contributed by atoms with Crippen LogP contribution in [0.4, 0.5) is 11.8 Å². The number of fused-ring (bicyclic) bond motifs is 3. The molecule has 1 unspecified atom stereocenters. The molecule has 1 fully saturated rings. The van der Waals surface area contributed by atoms with Gasteiger partial charge in [0.15, 0.2) is 11.4 Å². The minimum Gasteiger partial charge on any atom is -0.455 e. The maximum absolute atomic E-state index is 6.28. The molecule has 2 aliphatic rings. The second kappa shape index (κ2) is 6.89. The van der Waals surface area contributed by atoms with Crippen LogP contribution in [0.15, 0.2) is 4.42 Å². The fourth-order valence-electron chi connectivity index (χ4n) is 4.28. The Kier molecular flexibility index (Phi) is 5.10. The second-order valence-corrected chi connectivity index (χ2v) is 8.61. The lowest BCUT2D eigenvalue weighted by atomic mass is 9.72. The van der Waals surface area contributed by atoms with Crippen molar-refractivity contribution >= 4 is 35.3 Å². The molecule has 144 valence electrons. The molecule has 0 bridgehead atoms. The van der Waals surface area contributed by atoms with Crippen LogP contribution in [0.25, 0.3) is 11.1 Å². The van der Waals surface area contributed by atoms with Gasteiger partial charge in [-0.05, 0) is 37.6 Å². The molecule has 6 nitrogen and oxygen atoms in total. The molecule has 3 heterocycles. The van der Waals surface area contributed by atoms with Crippen LogP contribution < -0.4 is 16.0 Å². The van der Waals surface area contributed by atoms with Crippen LogP contribution in [-0.2, 0) is 12.8 Å². The number of aromatic nitrogens is 2. The van der Waals surface area contributed by atoms with E-state index in [0.717, 1.165) is 55.0 Å². The van der Waals surface area contributed by atoms with Crippen molar-refractivity contribution in [3.05, 3.63) is 11.3 Å². The van der Waals surface area contributed by atoms with Gasteiger partial charge in [0.05, 0.1) is 0 Å². The summed E-state index contributed by atoms with van der Waals surface area (Å²) < 4.78 is 6.28. The molecule has 7 heteroatoms. The van der Waals surface area contributed by atoms with Gasteiger partial charge >= 0.3 is 0 Å². The first-order valence-corrected chi connectivity index (χ1v) is 9.36. The largest absolute Gasteiger partial charge is 0.455 e. The lowest BCUT2D eigenvalue weighted by Gasteiger charge is -2.33. The average molecular weight is 380 g/mol. The predicted molar refractivity (Wildman–Crippen MR) is 108 cm³/mol. The van der Waals surface area contributed by atoms with Gasteiger partial charge in [0.25, 0.3) is 0 Å². The molecule has 1 aliphatic carbocycles. The molecular formula is C19H30ClN5O. The molecule has 1 aliphatic heterocycles. The number of likely N-dealkylation sites (N-methyl/N-ethyl adjacent to an activating group) is 1. The Morgan fingerprint density at radius 2 is 2.00 bits per heavy atom. The lowest BCUT2D eigenvalue weighted by Crippen LogP contribution is -2.30. The Morgan fingerprint density at radius 1 is 1.23 bits per heavy atom. The van der Waals surface area contributed by atoms with E-state index in [2.05, 4.69) is 41.0 Å². The summed E-state index contributed by atoms with van der Waals surface area (Å²) in [5.41, 5.74) is 9.36. The van der Waals surface area contributed by atoms with Crippen LogP contribution >= 0.6 is 12.4 Å². The number of halogens is 1. The summed E-state index contributed by atoms with van der Waals surface area (Å²) in [5, 5.41) is 3.35. The molecule has 26 heavy (non-hydrogen) atoms. The van der Waals surface area contributed by atoms with Crippen molar-refractivity contribution in [2.75, 3.05) is 30.8 Å². The number of rotatable bonds is 2. The number of anilines is 2. The average Bonchev–Trinajstić information content (AvgIpc) is 3.17. The number of nitrogens with one attached hydrogen (secondary N) is 1. The van der Waals surface area contributed by atoms with Gasteiger partial charge in [-0.3, -0.25) is 0 Å². The van der Waals surface area contributed by atoms with Gasteiger partial charge < -0.3 is 20.4 Å². The van der Waals surface area contributed by atoms with Crippen LogP contribution in [0.5, 0.6) is 0 Å². The summed E-state index contributed by atoms with van der Waals surface area (Å²) in [6, 6.07) is 0.487. The summed E-state index contributed by atoms with van der Waals surface area (Å²) >= 11 is 0. The molecule has 0 aromatic carbocycles. The van der Waals surface area contributed by atoms with Crippen LogP contribution in [0.3, 0.4) is 0 Å². The lowest BCUT2D eigenvalue weighted by molar-refractivity contribution is 0.210. The highest BCUT2D eigenvalue weighted by atomic mass is 35.5. The molecule has 2 atom stereocenters. The van der Waals surface area contributed by atoms with E-state index in [0.29, 0.717) is 17.9 Å². The smallest absolute Gasteiger partial charge is 0.222 e. The van der Waals surface area contributed by atoms with E-state index in [1.54, 1.807) is 0 Å². The van der Waals surface area contributed by atoms with Crippen molar-refractivity contribution in [1.82, 2.24) is 15.3 Å². The summed E-state index contributed by atoms with van der Waals surface area (Å²) in [5.74, 6) is 2.93. The molecule has 0 radical (unpaired) electrons. The van der Waals surface area contributed by atoms with E-state index >= 15 is 0 Å². The standard InChI is InChI=1S/C19H29N5O.ClH/c1-19(2,3)11-5-6-14-13(9-11)15-16(25-14)17(23-18(20)22-15)24-8-7-12(10-24)21-4;/h11-12,21H,5-10H2,1-4H3,(H2,20,22,23);1H/t11?,12-;/m1./s1. The van der Waals surface area contributed by atoms with Gasteiger partial charge in [-0.25, -0.2) is 4.98 Å². The molecule has 3 N–H and O–H groups in total. The van der Waals surface area contributed by atoms with E-state index in [9.17, 15) is 0 Å². The first kappa shape index (κ1) is 19.2. The highest BCUT2D eigenvalue weighted by Crippen LogP contribution is 2.42. The fraction of sp³-hybridized carbons (Fsp3) is 0.684. The van der Waals surface area contributed by atoms with Gasteiger partial charge in [0.2, 0.25) is 5.95 Å². The Bertz CT molecular complexity index is 797. The third-order valence-electron chi connectivity index (χ3n) is 6.00. The number of nitrogens with two attached hydrogens (primary N) is 1. The summed E-state index contributed by atoms with van der Waals surface area (Å²) in [6.45, 7) is 8.86. The second-order valence-electron chi connectivity index (χ2n) is 8.61. The van der Waals surface area contributed by atoms with Gasteiger partial charge in [-0.15, -0.1) is 12.4 Å². The number of hydrogen-bond donors (Lipinski definition) is 2. The minimum absolute atomic E-state index is 0. The van der Waals surface area contributed by atoms with Gasteiger partial charge in [-0.1, -0.05) is 20.8 Å². The van der Waals surface area contributed by atoms with Crippen LogP contribution in [0, 0.1) is 11.3 Å². The van der Waals surface area contributed by atoms with Crippen molar-refractivity contribution in [2.24, 2.45) is 11.3 Å². The van der Waals surface area contributed by atoms with Gasteiger partial charge in [-0.2, -0.15) is 4.98 Å². The van der Waals surface area contributed by atoms with E-state index in [-0.39, 0.29) is 17.8 Å². The highest BCUT2D eigenvalue weighted by Gasteiger charge is 2.34. The van der Waals surface area contributed by atoms with E-state index in [1.165, 1.54) is 12.0 Å². The monoisotopic (exact) mass is 379 g/mol. The summed E-state index contributed by atoms with van der Waals surface area (Å²) in [7, 11) is 2.01. The highest BCUT2D eigenvalue weighted by molar-refractivity contribution is 5.89. The molecule has 2 aromatic heterocycles. The van der Waals surface area contributed by atoms with E-state index in [4.69, 9.17) is 10.2 Å². The zero-order chi connectivity index (χ0) is 17.8. The maximum Gasteiger partial charge on any atom is 0.222 e. The normalized spacial score (nSPS) is 23.2. The van der Waals surface area contributed by atoms with Crippen molar-refractivity contribution in [2.45, 2.75) is 52.5 Å². The zero-order valence-electron chi connectivity index (χ0n) is 16.1. The minimum atomic E-state index is 0. The molecule has 1 saturated heterocycles. The first-order chi connectivity index (χ1) is 11.9. The molecule has 0 saturated carbocycles. The molecule has 0 spiro atoms. The molecule has 0 amide bonds. The maximum atomic E-state index is 6.28. The SMILES string of the molecule is CN[C@@H]1CCN(c2nc(N)nc3c4c(oc23)CCC(C(C)(C)C)C4)C1.Cl. The number of nitrogens with zero attached hydrogens (tertiary/aromatic N) is 3. The Labute approximate surface area is 161 Å². The van der Waals surface area contributed by atoms with Crippen molar-refractivity contribution in [3.63, 3.8) is 0 Å². The quantitative estimate of drug-likeness (QED) is 0.834. The number of hydrogen-bond acceptors (Lipinski definition) is 6. The third kappa shape index (κ3) is 3.25. The third-order valence-corrected chi connectivity index (χ3v) is 6.00. The van der Waals surface area contributed by atoms with Crippen molar-refractivity contribution < 1.29 is 4.42 Å². The van der Waals surface area contributed by atoms with Gasteiger partial charge in [0, 0.05) is 31.1 Å². The molecular weight excluding hydrogens is 350 g/mol. The number of furan rings is 1. The van der Waals surface area contributed by atoms with Crippen molar-refractivity contribution in [3.8, 4) is 0 Å². The van der Waals surface area contributed by atoms with Crippen LogP contribution in [0.2, 0.25) is 0 Å². The van der Waals surface area contributed by atoms with Crippen LogP contribution in [-0.4, -0.2) is 36.1 Å².